The van der Waals surface area contributed by atoms with Crippen LogP contribution in [0.3, 0.4) is 0 Å². The Labute approximate surface area is 70.6 Å². The molecule has 0 saturated heterocycles. The monoisotopic (exact) mass is 165 g/mol. The molecule has 4 heteroatoms. The minimum Gasteiger partial charge on any atom is -0.317 e. The highest BCUT2D eigenvalue weighted by Gasteiger charge is 2.25. The molecule has 0 spiro atoms. The van der Waals surface area contributed by atoms with Gasteiger partial charge in [-0.3, -0.25) is 4.79 Å². The number of aromatic nitrogens is 3. The molecule has 64 valence electrons. The van der Waals surface area contributed by atoms with Crippen LogP contribution in [-0.2, 0) is 11.3 Å². The fraction of sp³-hybridized carbons (Fsp3) is 0.625. The fourth-order valence-electron chi connectivity index (χ4n) is 1.69. The molecule has 0 amide bonds. The normalized spacial score (nSPS) is 21.9. The lowest BCUT2D eigenvalue weighted by Crippen LogP contribution is -2.20. The summed E-state index contributed by atoms with van der Waals surface area (Å²) in [6, 6.07) is 0. The molecule has 1 aliphatic rings. The molecule has 2 rings (SSSR count). The van der Waals surface area contributed by atoms with Gasteiger partial charge in [0, 0.05) is 6.54 Å². The van der Waals surface area contributed by atoms with Crippen LogP contribution in [0.25, 0.3) is 0 Å². The summed E-state index contributed by atoms with van der Waals surface area (Å²) >= 11 is 0. The molecule has 2 heterocycles. The van der Waals surface area contributed by atoms with Gasteiger partial charge in [0.2, 0.25) is 0 Å². The smallest absolute Gasteiger partial charge is 0.143 e. The van der Waals surface area contributed by atoms with Crippen molar-refractivity contribution in [3.63, 3.8) is 0 Å². The van der Waals surface area contributed by atoms with Gasteiger partial charge in [-0.1, -0.05) is 0 Å². The first-order valence-corrected chi connectivity index (χ1v) is 4.17. The second-order valence-electron chi connectivity index (χ2n) is 3.19. The number of fused-ring (bicyclic) bond motifs is 1. The third-order valence-corrected chi connectivity index (χ3v) is 2.34. The highest BCUT2D eigenvalue weighted by atomic mass is 16.1. The van der Waals surface area contributed by atoms with Crippen molar-refractivity contribution >= 4 is 5.78 Å². The first kappa shape index (κ1) is 7.46. The first-order valence-electron chi connectivity index (χ1n) is 4.17. The lowest BCUT2D eigenvalue weighted by atomic mass is 9.95. The van der Waals surface area contributed by atoms with Gasteiger partial charge in [0.25, 0.3) is 0 Å². The number of hydrogen-bond acceptors (Lipinski definition) is 3. The van der Waals surface area contributed by atoms with E-state index in [1.165, 1.54) is 0 Å². The Kier molecular flexibility index (Phi) is 1.67. The van der Waals surface area contributed by atoms with Crippen molar-refractivity contribution in [2.45, 2.75) is 32.2 Å². The highest BCUT2D eigenvalue weighted by Crippen LogP contribution is 2.25. The second-order valence-corrected chi connectivity index (χ2v) is 3.19. The highest BCUT2D eigenvalue weighted by molar-refractivity contribution is 5.82. The van der Waals surface area contributed by atoms with Gasteiger partial charge in [-0.15, -0.1) is 10.2 Å². The zero-order valence-corrected chi connectivity index (χ0v) is 7.03. The predicted octanol–water partition coefficient (Wildman–Crippen LogP) is 0.744. The maximum absolute atomic E-state index is 11.2. The summed E-state index contributed by atoms with van der Waals surface area (Å²) in [6.45, 7) is 2.57. The van der Waals surface area contributed by atoms with Crippen molar-refractivity contribution in [3.8, 4) is 0 Å². The Morgan fingerprint density at radius 2 is 2.58 bits per heavy atom. The van der Waals surface area contributed by atoms with Gasteiger partial charge in [0.15, 0.2) is 0 Å². The van der Waals surface area contributed by atoms with Crippen LogP contribution in [0.2, 0.25) is 0 Å². The lowest BCUT2D eigenvalue weighted by Gasteiger charge is -2.19. The molecule has 0 saturated carbocycles. The number of ketones is 1. The van der Waals surface area contributed by atoms with E-state index < -0.39 is 0 Å². The van der Waals surface area contributed by atoms with Crippen LogP contribution in [0.15, 0.2) is 6.33 Å². The van der Waals surface area contributed by atoms with E-state index in [-0.39, 0.29) is 11.7 Å². The average Bonchev–Trinajstić information content (AvgIpc) is 2.49. The van der Waals surface area contributed by atoms with Gasteiger partial charge < -0.3 is 4.57 Å². The minimum atomic E-state index is -0.0127. The Morgan fingerprint density at radius 3 is 3.33 bits per heavy atom. The largest absolute Gasteiger partial charge is 0.317 e. The third kappa shape index (κ3) is 1.03. The van der Waals surface area contributed by atoms with Crippen LogP contribution in [-0.4, -0.2) is 20.5 Å². The molecule has 0 fully saturated rings. The Hall–Kier alpha value is -1.19. The summed E-state index contributed by atoms with van der Waals surface area (Å²) < 4.78 is 1.97. The van der Waals surface area contributed by atoms with E-state index in [9.17, 15) is 4.79 Å². The van der Waals surface area contributed by atoms with Crippen molar-refractivity contribution in [2.75, 3.05) is 0 Å². The molecule has 1 unspecified atom stereocenters. The molecule has 0 aliphatic carbocycles. The van der Waals surface area contributed by atoms with E-state index in [2.05, 4.69) is 10.2 Å². The van der Waals surface area contributed by atoms with Gasteiger partial charge >= 0.3 is 0 Å². The van der Waals surface area contributed by atoms with Gasteiger partial charge in [-0.2, -0.15) is 0 Å². The molecule has 0 bridgehead atoms. The van der Waals surface area contributed by atoms with E-state index in [0.717, 1.165) is 25.2 Å². The minimum absolute atomic E-state index is 0.0127. The molecule has 1 aliphatic heterocycles. The Morgan fingerprint density at radius 1 is 1.75 bits per heavy atom. The number of rotatable bonds is 1. The summed E-state index contributed by atoms with van der Waals surface area (Å²) in [6.07, 6.45) is 3.67. The van der Waals surface area contributed by atoms with Crippen LogP contribution in [0.1, 0.15) is 31.5 Å². The molecule has 4 nitrogen and oxygen atoms in total. The number of carbonyl (C=O) groups is 1. The van der Waals surface area contributed by atoms with E-state index in [1.807, 2.05) is 4.57 Å². The maximum Gasteiger partial charge on any atom is 0.143 e. The molecule has 1 aromatic heterocycles. The standard InChI is InChI=1S/C8H11N3O/c1-6(12)7-3-2-4-11-5-9-10-8(7)11/h5,7H,2-4H2,1H3. The number of aryl methyl sites for hydroxylation is 1. The van der Waals surface area contributed by atoms with Gasteiger partial charge in [0.05, 0.1) is 5.92 Å². The van der Waals surface area contributed by atoms with Crippen molar-refractivity contribution in [3.05, 3.63) is 12.2 Å². The average molecular weight is 165 g/mol. The van der Waals surface area contributed by atoms with Crippen LogP contribution in [0.5, 0.6) is 0 Å². The second kappa shape index (κ2) is 2.69. The molecule has 0 N–H and O–H groups in total. The fourth-order valence-corrected chi connectivity index (χ4v) is 1.69. The quantitative estimate of drug-likeness (QED) is 0.616. The zero-order valence-electron chi connectivity index (χ0n) is 7.03. The number of hydrogen-bond donors (Lipinski definition) is 0. The maximum atomic E-state index is 11.2. The van der Waals surface area contributed by atoms with Gasteiger partial charge in [-0.05, 0) is 19.8 Å². The van der Waals surface area contributed by atoms with Crippen LogP contribution < -0.4 is 0 Å². The summed E-state index contributed by atoms with van der Waals surface area (Å²) in [5.74, 6) is 1.03. The van der Waals surface area contributed by atoms with Crippen molar-refractivity contribution in [1.29, 1.82) is 0 Å². The summed E-state index contributed by atoms with van der Waals surface area (Å²) in [7, 11) is 0. The Balaban J connectivity index is 2.37. The molecule has 0 radical (unpaired) electrons. The third-order valence-electron chi connectivity index (χ3n) is 2.34. The number of nitrogens with zero attached hydrogens (tertiary/aromatic N) is 3. The lowest BCUT2D eigenvalue weighted by molar-refractivity contribution is -0.119. The molecular weight excluding hydrogens is 154 g/mol. The van der Waals surface area contributed by atoms with Crippen molar-refractivity contribution in [2.24, 2.45) is 0 Å². The molecule has 12 heavy (non-hydrogen) atoms. The van der Waals surface area contributed by atoms with Crippen molar-refractivity contribution in [1.82, 2.24) is 14.8 Å². The summed E-state index contributed by atoms with van der Waals surface area (Å²) in [5.41, 5.74) is 0. The van der Waals surface area contributed by atoms with Gasteiger partial charge in [0.1, 0.15) is 17.9 Å². The number of carbonyl (C=O) groups excluding carboxylic acids is 1. The zero-order chi connectivity index (χ0) is 8.55. The molecule has 0 aromatic carbocycles. The Bertz CT molecular complexity index is 305. The SMILES string of the molecule is CC(=O)C1CCCn2cnnc21. The topological polar surface area (TPSA) is 47.8 Å². The van der Waals surface area contributed by atoms with Gasteiger partial charge in [-0.25, -0.2) is 0 Å². The summed E-state index contributed by atoms with van der Waals surface area (Å²) in [5, 5.41) is 7.75. The van der Waals surface area contributed by atoms with Crippen LogP contribution in [0, 0.1) is 0 Å². The van der Waals surface area contributed by atoms with Crippen LogP contribution >= 0.6 is 0 Å². The number of Topliss-reactive ketones (excluding diaryl/α,β-unsaturated/α-hetero) is 1. The summed E-state index contributed by atoms with van der Waals surface area (Å²) in [4.78, 5) is 11.2. The van der Waals surface area contributed by atoms with E-state index >= 15 is 0 Å². The van der Waals surface area contributed by atoms with Crippen molar-refractivity contribution < 1.29 is 4.79 Å². The predicted molar refractivity (Wildman–Crippen MR) is 42.7 cm³/mol. The molecule has 1 atom stereocenters. The molecular formula is C8H11N3O. The van der Waals surface area contributed by atoms with E-state index in [4.69, 9.17) is 0 Å². The first-order chi connectivity index (χ1) is 5.79. The van der Waals surface area contributed by atoms with E-state index in [1.54, 1.807) is 13.3 Å². The van der Waals surface area contributed by atoms with Crippen LogP contribution in [0.4, 0.5) is 0 Å². The molecule has 1 aromatic rings. The van der Waals surface area contributed by atoms with E-state index in [0.29, 0.717) is 0 Å².